The highest BCUT2D eigenvalue weighted by atomic mass is 16.2. The first-order valence-electron chi connectivity index (χ1n) is 7.32. The maximum absolute atomic E-state index is 12.5. The molecule has 3 aliphatic heterocycles. The van der Waals surface area contributed by atoms with Crippen molar-refractivity contribution < 1.29 is 9.59 Å². The molecule has 0 unspecified atom stereocenters. The lowest BCUT2D eigenvalue weighted by atomic mass is 9.85. The van der Waals surface area contributed by atoms with Crippen molar-refractivity contribution in [1.29, 1.82) is 0 Å². The van der Waals surface area contributed by atoms with Gasteiger partial charge < -0.3 is 0 Å². The molecule has 0 aromatic heterocycles. The van der Waals surface area contributed by atoms with Crippen LogP contribution in [0, 0.1) is 11.8 Å². The van der Waals surface area contributed by atoms with Gasteiger partial charge in [0.2, 0.25) is 11.8 Å². The van der Waals surface area contributed by atoms with E-state index in [1.54, 1.807) is 7.05 Å². The van der Waals surface area contributed by atoms with Crippen LogP contribution in [0.5, 0.6) is 0 Å². The molecule has 3 aliphatic rings. The van der Waals surface area contributed by atoms with Crippen molar-refractivity contribution in [1.82, 2.24) is 9.80 Å². The molecule has 3 heterocycles. The molecule has 2 amide bonds. The van der Waals surface area contributed by atoms with Gasteiger partial charge in [-0.3, -0.25) is 19.4 Å². The highest BCUT2D eigenvalue weighted by Crippen LogP contribution is 2.52. The Kier molecular flexibility index (Phi) is 2.51. The number of carbonyl (C=O) groups excluding carboxylic acids is 2. The number of rotatable bonds is 1. The normalized spacial score (nSPS) is 36.5. The Morgan fingerprint density at radius 3 is 2.50 bits per heavy atom. The predicted octanol–water partition coefficient (Wildman–Crippen LogP) is 1.44. The van der Waals surface area contributed by atoms with E-state index in [2.05, 4.69) is 17.0 Å². The number of likely N-dealkylation sites (tertiary alicyclic amines) is 1. The van der Waals surface area contributed by atoms with Crippen LogP contribution in [0.3, 0.4) is 0 Å². The fraction of sp³-hybridized carbons (Fsp3) is 0.500. The van der Waals surface area contributed by atoms with Gasteiger partial charge in [-0.1, -0.05) is 30.3 Å². The number of imide groups is 1. The van der Waals surface area contributed by atoms with E-state index in [9.17, 15) is 9.59 Å². The Labute approximate surface area is 118 Å². The summed E-state index contributed by atoms with van der Waals surface area (Å²) in [4.78, 5) is 28.6. The first-order valence-corrected chi connectivity index (χ1v) is 7.32. The van der Waals surface area contributed by atoms with E-state index in [0.29, 0.717) is 0 Å². The Morgan fingerprint density at radius 1 is 1.05 bits per heavy atom. The quantitative estimate of drug-likeness (QED) is 0.725. The van der Waals surface area contributed by atoms with Gasteiger partial charge >= 0.3 is 0 Å². The third-order valence-electron chi connectivity index (χ3n) is 5.21. The zero-order valence-electron chi connectivity index (χ0n) is 11.5. The predicted molar refractivity (Wildman–Crippen MR) is 73.7 cm³/mol. The molecule has 4 nitrogen and oxygen atoms in total. The summed E-state index contributed by atoms with van der Waals surface area (Å²) in [5, 5.41) is 0. The third-order valence-corrected chi connectivity index (χ3v) is 5.21. The zero-order valence-corrected chi connectivity index (χ0v) is 11.5. The highest BCUT2D eigenvalue weighted by Gasteiger charge is 2.62. The number of amides is 2. The molecule has 1 aromatic rings. The van der Waals surface area contributed by atoms with Crippen molar-refractivity contribution in [3.63, 3.8) is 0 Å². The van der Waals surface area contributed by atoms with Crippen molar-refractivity contribution in [2.75, 3.05) is 13.6 Å². The minimum Gasteiger partial charge on any atom is -0.292 e. The number of fused-ring (bicyclic) bond motifs is 3. The molecule has 1 aromatic carbocycles. The van der Waals surface area contributed by atoms with E-state index in [-0.39, 0.29) is 35.7 Å². The van der Waals surface area contributed by atoms with Gasteiger partial charge in [-0.05, 0) is 24.9 Å². The molecule has 0 N–H and O–H groups in total. The second kappa shape index (κ2) is 4.16. The average Bonchev–Trinajstić information content (AvgIpc) is 3.09. The van der Waals surface area contributed by atoms with Crippen LogP contribution in [-0.2, 0) is 9.59 Å². The minimum atomic E-state index is -0.180. The number of hydrogen-bond acceptors (Lipinski definition) is 3. The van der Waals surface area contributed by atoms with Crippen LogP contribution >= 0.6 is 0 Å². The van der Waals surface area contributed by atoms with Crippen molar-refractivity contribution >= 4 is 11.8 Å². The topological polar surface area (TPSA) is 40.6 Å². The highest BCUT2D eigenvalue weighted by molar-refractivity contribution is 6.06. The summed E-state index contributed by atoms with van der Waals surface area (Å²) in [6.45, 7) is 1.00. The van der Waals surface area contributed by atoms with Crippen molar-refractivity contribution in [2.45, 2.75) is 24.9 Å². The maximum atomic E-state index is 12.5. The first-order chi connectivity index (χ1) is 9.70. The molecule has 20 heavy (non-hydrogen) atoms. The van der Waals surface area contributed by atoms with Crippen LogP contribution in [0.4, 0.5) is 0 Å². The zero-order chi connectivity index (χ0) is 13.9. The smallest absolute Gasteiger partial charge is 0.234 e. The molecule has 0 saturated carbocycles. The third kappa shape index (κ3) is 1.40. The van der Waals surface area contributed by atoms with Crippen LogP contribution in [0.1, 0.15) is 24.4 Å². The first kappa shape index (κ1) is 12.1. The standard InChI is InChI=1S/C16H18N2O2/c1-17-15(19)12-11-8-5-9-18(11)14(13(12)16(17)20)10-6-3-2-4-7-10/h2-4,6-7,11-14H,5,8-9H2,1H3/t11-,12+,13+,14-/m1/s1. The van der Waals surface area contributed by atoms with E-state index < -0.39 is 0 Å². The lowest BCUT2D eigenvalue weighted by Crippen LogP contribution is -2.37. The van der Waals surface area contributed by atoms with E-state index in [4.69, 9.17) is 0 Å². The van der Waals surface area contributed by atoms with Crippen LogP contribution < -0.4 is 0 Å². The minimum absolute atomic E-state index is 0.00301. The van der Waals surface area contributed by atoms with E-state index in [0.717, 1.165) is 19.4 Å². The monoisotopic (exact) mass is 270 g/mol. The molecule has 0 bridgehead atoms. The van der Waals surface area contributed by atoms with Crippen LogP contribution in [-0.4, -0.2) is 41.2 Å². The van der Waals surface area contributed by atoms with E-state index in [1.165, 1.54) is 10.5 Å². The molecule has 4 heteroatoms. The summed E-state index contributed by atoms with van der Waals surface area (Å²) in [5.41, 5.74) is 1.17. The SMILES string of the molecule is CN1C(=O)[C@@H]2[C@H](C1=O)[C@@H](c1ccccc1)N1CCC[C@H]21. The van der Waals surface area contributed by atoms with Crippen molar-refractivity contribution in [3.05, 3.63) is 35.9 Å². The molecule has 0 radical (unpaired) electrons. The van der Waals surface area contributed by atoms with Gasteiger partial charge in [0.25, 0.3) is 0 Å². The van der Waals surface area contributed by atoms with Gasteiger partial charge in [0.1, 0.15) is 0 Å². The molecular weight excluding hydrogens is 252 g/mol. The van der Waals surface area contributed by atoms with Gasteiger partial charge in [0, 0.05) is 19.1 Å². The van der Waals surface area contributed by atoms with Gasteiger partial charge in [0.05, 0.1) is 11.8 Å². The fourth-order valence-corrected chi connectivity index (χ4v) is 4.40. The molecule has 3 fully saturated rings. The summed E-state index contributed by atoms with van der Waals surface area (Å²) in [7, 11) is 1.63. The van der Waals surface area contributed by atoms with Crippen LogP contribution in [0.2, 0.25) is 0 Å². The van der Waals surface area contributed by atoms with Crippen LogP contribution in [0.15, 0.2) is 30.3 Å². The fourth-order valence-electron chi connectivity index (χ4n) is 4.40. The maximum Gasteiger partial charge on any atom is 0.234 e. The summed E-state index contributed by atoms with van der Waals surface area (Å²) < 4.78 is 0. The second-order valence-corrected chi connectivity index (χ2v) is 6.09. The number of carbonyl (C=O) groups is 2. The molecule has 0 aliphatic carbocycles. The van der Waals surface area contributed by atoms with Gasteiger partial charge in [-0.15, -0.1) is 0 Å². The average molecular weight is 270 g/mol. The molecule has 4 rings (SSSR count). The van der Waals surface area contributed by atoms with E-state index in [1.807, 2.05) is 18.2 Å². The molecule has 4 atom stereocenters. The lowest BCUT2D eigenvalue weighted by Gasteiger charge is -2.27. The summed E-state index contributed by atoms with van der Waals surface area (Å²) in [6.07, 6.45) is 2.17. The Hall–Kier alpha value is -1.68. The molecule has 3 saturated heterocycles. The van der Waals surface area contributed by atoms with Gasteiger partial charge in [-0.2, -0.15) is 0 Å². The summed E-state index contributed by atoms with van der Waals surface area (Å²) >= 11 is 0. The second-order valence-electron chi connectivity index (χ2n) is 6.09. The number of nitrogens with zero attached hydrogens (tertiary/aromatic N) is 2. The molecular formula is C16H18N2O2. The number of hydrogen-bond donors (Lipinski definition) is 0. The van der Waals surface area contributed by atoms with Gasteiger partial charge in [-0.25, -0.2) is 0 Å². The lowest BCUT2D eigenvalue weighted by molar-refractivity contribution is -0.139. The number of benzene rings is 1. The molecule has 104 valence electrons. The van der Waals surface area contributed by atoms with Crippen molar-refractivity contribution in [3.8, 4) is 0 Å². The Bertz CT molecular complexity index is 571. The summed E-state index contributed by atoms with van der Waals surface area (Å²) in [5.74, 6) is -0.279. The summed E-state index contributed by atoms with van der Waals surface area (Å²) in [6, 6.07) is 10.5. The van der Waals surface area contributed by atoms with Crippen LogP contribution in [0.25, 0.3) is 0 Å². The van der Waals surface area contributed by atoms with Gasteiger partial charge in [0.15, 0.2) is 0 Å². The Morgan fingerprint density at radius 2 is 1.75 bits per heavy atom. The molecule has 0 spiro atoms. The Balaban J connectivity index is 1.82. The van der Waals surface area contributed by atoms with Crippen molar-refractivity contribution in [2.24, 2.45) is 11.8 Å². The van der Waals surface area contributed by atoms with E-state index >= 15 is 0 Å². The largest absolute Gasteiger partial charge is 0.292 e.